The zero-order chi connectivity index (χ0) is 26.5. The number of benzene rings is 3. The maximum absolute atomic E-state index is 13.3. The highest BCUT2D eigenvalue weighted by molar-refractivity contribution is 5.81. The molecule has 3 aromatic carbocycles. The average molecular weight is 514 g/mol. The Balaban J connectivity index is 1.28. The summed E-state index contributed by atoms with van der Waals surface area (Å²) in [4.78, 5) is 19.7. The number of fused-ring (bicyclic) bond motifs is 1. The van der Waals surface area contributed by atoms with Crippen molar-refractivity contribution in [1.82, 2.24) is 14.5 Å². The number of ether oxygens (including phenoxy) is 2. The first kappa shape index (κ1) is 25.5. The zero-order valence-electron chi connectivity index (χ0n) is 21.6. The van der Waals surface area contributed by atoms with Crippen molar-refractivity contribution in [2.45, 2.75) is 38.3 Å². The third-order valence-electron chi connectivity index (χ3n) is 6.94. The van der Waals surface area contributed by atoms with Crippen molar-refractivity contribution < 1.29 is 18.7 Å². The fourth-order valence-corrected chi connectivity index (χ4v) is 5.08. The quantitative estimate of drug-likeness (QED) is 0.185. The number of halogens is 1. The minimum atomic E-state index is -0.278. The molecule has 1 amide bonds. The van der Waals surface area contributed by atoms with Crippen molar-refractivity contribution in [2.75, 3.05) is 20.3 Å². The summed E-state index contributed by atoms with van der Waals surface area (Å²) < 4.78 is 27.1. The number of likely N-dealkylation sites (tertiary alicyclic amines) is 1. The summed E-state index contributed by atoms with van der Waals surface area (Å²) in [5.41, 5.74) is 4.02. The number of nitrogens with zero attached hydrogens (tertiary/aromatic N) is 3. The van der Waals surface area contributed by atoms with Gasteiger partial charge in [-0.2, -0.15) is 0 Å². The number of hydrogen-bond donors (Lipinski definition) is 0. The molecule has 1 fully saturated rings. The molecule has 0 saturated carbocycles. The van der Waals surface area contributed by atoms with Crippen LogP contribution in [0.4, 0.5) is 4.39 Å². The van der Waals surface area contributed by atoms with Gasteiger partial charge in [-0.05, 0) is 60.4 Å². The second kappa shape index (κ2) is 11.5. The van der Waals surface area contributed by atoms with Gasteiger partial charge in [0.05, 0.1) is 24.8 Å². The molecule has 4 aromatic rings. The third-order valence-corrected chi connectivity index (χ3v) is 6.94. The van der Waals surface area contributed by atoms with E-state index in [1.807, 2.05) is 47.4 Å². The molecule has 2 heterocycles. The van der Waals surface area contributed by atoms with Crippen LogP contribution in [0.2, 0.25) is 0 Å². The van der Waals surface area contributed by atoms with E-state index in [0.29, 0.717) is 37.6 Å². The number of aromatic nitrogens is 2. The molecule has 5 rings (SSSR count). The predicted octanol–water partition coefficient (Wildman–Crippen LogP) is 5.90. The van der Waals surface area contributed by atoms with E-state index in [0.717, 1.165) is 47.4 Å². The normalized spacial score (nSPS) is 15.3. The molecule has 1 aliphatic heterocycles. The zero-order valence-corrected chi connectivity index (χ0v) is 21.6. The van der Waals surface area contributed by atoms with Gasteiger partial charge in [0.1, 0.15) is 11.6 Å². The van der Waals surface area contributed by atoms with Crippen LogP contribution >= 0.6 is 0 Å². The summed E-state index contributed by atoms with van der Waals surface area (Å²) >= 11 is 0. The van der Waals surface area contributed by atoms with Gasteiger partial charge in [0.15, 0.2) is 11.5 Å². The van der Waals surface area contributed by atoms with Gasteiger partial charge in [-0.15, -0.1) is 6.58 Å². The molecule has 38 heavy (non-hydrogen) atoms. The molecule has 1 saturated heterocycles. The Hall–Kier alpha value is -4.13. The van der Waals surface area contributed by atoms with Gasteiger partial charge in [-0.25, -0.2) is 9.37 Å². The Bertz CT molecular complexity index is 1430. The first-order valence-electron chi connectivity index (χ1n) is 12.9. The van der Waals surface area contributed by atoms with Gasteiger partial charge in [0, 0.05) is 32.0 Å². The largest absolute Gasteiger partial charge is 0.493 e. The number of imidazole rings is 1. The van der Waals surface area contributed by atoms with E-state index in [-0.39, 0.29) is 17.6 Å². The van der Waals surface area contributed by atoms with Crippen molar-refractivity contribution in [3.63, 3.8) is 0 Å². The molecule has 1 atom stereocenters. The predicted molar refractivity (Wildman–Crippen MR) is 146 cm³/mol. The van der Waals surface area contributed by atoms with Crippen LogP contribution in [0, 0.1) is 5.82 Å². The molecule has 0 aliphatic carbocycles. The van der Waals surface area contributed by atoms with Crippen LogP contribution in [0.3, 0.4) is 0 Å². The molecular formula is C31H32FN3O3. The molecule has 7 heteroatoms. The summed E-state index contributed by atoms with van der Waals surface area (Å²) in [5.74, 6) is 2.16. The Morgan fingerprint density at radius 1 is 1.08 bits per heavy atom. The Labute approximate surface area is 222 Å². The monoisotopic (exact) mass is 513 g/mol. The van der Waals surface area contributed by atoms with Crippen LogP contribution in [-0.4, -0.2) is 40.6 Å². The maximum atomic E-state index is 13.3. The molecule has 6 nitrogen and oxygen atoms in total. The molecule has 0 radical (unpaired) electrons. The van der Waals surface area contributed by atoms with E-state index in [1.54, 1.807) is 19.2 Å². The first-order valence-corrected chi connectivity index (χ1v) is 12.9. The SMILES string of the molecule is C=CCc1ccc(OCCCn2c(C3CC(=O)N(Cc4ccc(F)cc4)C3)nc3ccccc32)c(OC)c1. The molecule has 196 valence electrons. The summed E-state index contributed by atoms with van der Waals surface area (Å²) in [6, 6.07) is 20.3. The van der Waals surface area contributed by atoms with Crippen molar-refractivity contribution in [3.05, 3.63) is 102 Å². The number of para-hydroxylation sites is 2. The average Bonchev–Trinajstić information content (AvgIpc) is 3.48. The number of rotatable bonds is 11. The van der Waals surface area contributed by atoms with E-state index >= 15 is 0 Å². The number of carbonyl (C=O) groups excluding carboxylic acids is 1. The summed E-state index contributed by atoms with van der Waals surface area (Å²) in [6.07, 6.45) is 3.82. The Morgan fingerprint density at radius 3 is 2.66 bits per heavy atom. The number of aryl methyl sites for hydroxylation is 1. The van der Waals surface area contributed by atoms with E-state index in [2.05, 4.69) is 17.2 Å². The van der Waals surface area contributed by atoms with Gasteiger partial charge in [-0.1, -0.05) is 36.4 Å². The van der Waals surface area contributed by atoms with Crippen LogP contribution in [0.15, 0.2) is 79.4 Å². The third kappa shape index (κ3) is 5.57. The topological polar surface area (TPSA) is 56.6 Å². The van der Waals surface area contributed by atoms with Gasteiger partial charge >= 0.3 is 0 Å². The van der Waals surface area contributed by atoms with Crippen LogP contribution in [0.25, 0.3) is 11.0 Å². The van der Waals surface area contributed by atoms with Crippen LogP contribution in [-0.2, 0) is 24.3 Å². The van der Waals surface area contributed by atoms with Gasteiger partial charge in [-0.3, -0.25) is 4.79 Å². The Kier molecular flexibility index (Phi) is 7.73. The highest BCUT2D eigenvalue weighted by Gasteiger charge is 2.34. The number of allylic oxidation sites excluding steroid dienone is 1. The Morgan fingerprint density at radius 2 is 1.87 bits per heavy atom. The summed E-state index contributed by atoms with van der Waals surface area (Å²) in [5, 5.41) is 0. The highest BCUT2D eigenvalue weighted by Crippen LogP contribution is 2.32. The smallest absolute Gasteiger partial charge is 0.223 e. The number of hydrogen-bond acceptors (Lipinski definition) is 4. The lowest BCUT2D eigenvalue weighted by Gasteiger charge is -2.18. The van der Waals surface area contributed by atoms with E-state index in [4.69, 9.17) is 14.5 Å². The van der Waals surface area contributed by atoms with E-state index < -0.39 is 0 Å². The summed E-state index contributed by atoms with van der Waals surface area (Å²) in [6.45, 7) is 6.08. The molecule has 1 aromatic heterocycles. The molecular weight excluding hydrogens is 481 g/mol. The maximum Gasteiger partial charge on any atom is 0.223 e. The first-order chi connectivity index (χ1) is 18.6. The van der Waals surface area contributed by atoms with Crippen LogP contribution in [0.5, 0.6) is 11.5 Å². The number of amides is 1. The summed E-state index contributed by atoms with van der Waals surface area (Å²) in [7, 11) is 1.64. The van der Waals surface area contributed by atoms with Crippen molar-refractivity contribution in [3.8, 4) is 11.5 Å². The molecule has 1 unspecified atom stereocenters. The second-order valence-corrected chi connectivity index (χ2v) is 9.59. The number of carbonyl (C=O) groups is 1. The fraction of sp³-hybridized carbons (Fsp3) is 0.290. The van der Waals surface area contributed by atoms with Crippen molar-refractivity contribution in [2.24, 2.45) is 0 Å². The van der Waals surface area contributed by atoms with Gasteiger partial charge < -0.3 is 18.9 Å². The van der Waals surface area contributed by atoms with Crippen LogP contribution in [0.1, 0.15) is 35.7 Å². The van der Waals surface area contributed by atoms with Gasteiger partial charge in [0.2, 0.25) is 5.91 Å². The fourth-order valence-electron chi connectivity index (χ4n) is 5.08. The number of methoxy groups -OCH3 is 1. The van der Waals surface area contributed by atoms with Gasteiger partial charge in [0.25, 0.3) is 0 Å². The lowest BCUT2D eigenvalue weighted by Crippen LogP contribution is -2.24. The van der Waals surface area contributed by atoms with Crippen molar-refractivity contribution >= 4 is 16.9 Å². The van der Waals surface area contributed by atoms with E-state index in [9.17, 15) is 9.18 Å². The second-order valence-electron chi connectivity index (χ2n) is 9.59. The highest BCUT2D eigenvalue weighted by atomic mass is 19.1. The van der Waals surface area contributed by atoms with Crippen LogP contribution < -0.4 is 9.47 Å². The molecule has 0 spiro atoms. The molecule has 0 N–H and O–H groups in total. The molecule has 0 bridgehead atoms. The van der Waals surface area contributed by atoms with Crippen molar-refractivity contribution in [1.29, 1.82) is 0 Å². The lowest BCUT2D eigenvalue weighted by molar-refractivity contribution is -0.128. The molecule has 1 aliphatic rings. The minimum absolute atomic E-state index is 0.00577. The lowest BCUT2D eigenvalue weighted by atomic mass is 10.1. The standard InChI is InChI=1S/C31H32FN3O3/c1-3-7-22-12-15-28(29(18-22)37-2)38-17-6-16-35-27-9-5-4-8-26(27)33-31(35)24-19-30(36)34(21-24)20-23-10-13-25(32)14-11-23/h3-5,8-15,18,24H,1,6-7,16-17,19-21H2,2H3. The minimum Gasteiger partial charge on any atom is -0.493 e. The van der Waals surface area contributed by atoms with E-state index in [1.165, 1.54) is 12.1 Å².